The average Bonchev–Trinajstić information content (AvgIpc) is 2.52. The van der Waals surface area contributed by atoms with Crippen LogP contribution in [0.25, 0.3) is 10.9 Å². The molecule has 1 aromatic heterocycles. The first kappa shape index (κ1) is 18.2. The van der Waals surface area contributed by atoms with Crippen LogP contribution >= 0.6 is 23.2 Å². The SMILES string of the molecule is CC(C)C(C)(C#N)NC(=O)COc1ncnc2c(Cl)cc(Cl)cc12. The molecule has 0 saturated heterocycles. The van der Waals surface area contributed by atoms with Crippen molar-refractivity contribution in [2.75, 3.05) is 6.61 Å². The Morgan fingerprint density at radius 3 is 2.75 bits per heavy atom. The number of nitrogens with zero attached hydrogens (tertiary/aromatic N) is 3. The number of aromatic nitrogens is 2. The van der Waals surface area contributed by atoms with Gasteiger partial charge in [0.05, 0.1) is 22.0 Å². The first-order valence-electron chi connectivity index (χ1n) is 7.21. The van der Waals surface area contributed by atoms with Crippen LogP contribution in [-0.4, -0.2) is 28.0 Å². The first-order valence-corrected chi connectivity index (χ1v) is 7.97. The van der Waals surface area contributed by atoms with E-state index in [9.17, 15) is 10.1 Å². The average molecular weight is 367 g/mol. The van der Waals surface area contributed by atoms with Crippen molar-refractivity contribution in [1.82, 2.24) is 15.3 Å². The van der Waals surface area contributed by atoms with Gasteiger partial charge in [-0.15, -0.1) is 0 Å². The summed E-state index contributed by atoms with van der Waals surface area (Å²) < 4.78 is 5.47. The summed E-state index contributed by atoms with van der Waals surface area (Å²) in [7, 11) is 0. The van der Waals surface area contributed by atoms with Crippen molar-refractivity contribution in [3.63, 3.8) is 0 Å². The van der Waals surface area contributed by atoms with Crippen molar-refractivity contribution in [2.24, 2.45) is 5.92 Å². The number of amides is 1. The lowest BCUT2D eigenvalue weighted by Crippen LogP contribution is -2.50. The molecule has 0 radical (unpaired) electrons. The second-order valence-corrected chi connectivity index (χ2v) is 6.61. The van der Waals surface area contributed by atoms with Gasteiger partial charge in [0.2, 0.25) is 5.88 Å². The van der Waals surface area contributed by atoms with Gasteiger partial charge in [0.15, 0.2) is 6.61 Å². The lowest BCUT2D eigenvalue weighted by Gasteiger charge is -2.27. The lowest BCUT2D eigenvalue weighted by atomic mass is 9.90. The molecule has 1 atom stereocenters. The van der Waals surface area contributed by atoms with Crippen molar-refractivity contribution < 1.29 is 9.53 Å². The Morgan fingerprint density at radius 2 is 2.12 bits per heavy atom. The van der Waals surface area contributed by atoms with E-state index in [0.717, 1.165) is 0 Å². The quantitative estimate of drug-likeness (QED) is 0.875. The van der Waals surface area contributed by atoms with Crippen molar-refractivity contribution in [3.8, 4) is 11.9 Å². The summed E-state index contributed by atoms with van der Waals surface area (Å²) in [6, 6.07) is 5.28. The Bertz CT molecular complexity index is 820. The van der Waals surface area contributed by atoms with E-state index in [4.69, 9.17) is 27.9 Å². The second-order valence-electron chi connectivity index (χ2n) is 5.77. The van der Waals surface area contributed by atoms with Crippen LogP contribution in [-0.2, 0) is 4.79 Å². The topological polar surface area (TPSA) is 87.9 Å². The number of nitrogens with one attached hydrogen (secondary N) is 1. The normalized spacial score (nSPS) is 13.4. The Labute approximate surface area is 149 Å². The summed E-state index contributed by atoms with van der Waals surface area (Å²) in [5.41, 5.74) is -0.489. The van der Waals surface area contributed by atoms with Crippen molar-refractivity contribution >= 4 is 40.0 Å². The number of fused-ring (bicyclic) bond motifs is 1. The molecule has 1 aromatic carbocycles. The molecule has 126 valence electrons. The third-order valence-electron chi connectivity index (χ3n) is 3.75. The molecule has 0 spiro atoms. The number of halogens is 2. The van der Waals surface area contributed by atoms with Gasteiger partial charge in [-0.3, -0.25) is 4.79 Å². The van der Waals surface area contributed by atoms with Crippen LogP contribution in [0.4, 0.5) is 0 Å². The molecule has 1 unspecified atom stereocenters. The van der Waals surface area contributed by atoms with Gasteiger partial charge in [-0.1, -0.05) is 37.0 Å². The maximum atomic E-state index is 12.1. The molecule has 1 N–H and O–H groups in total. The standard InChI is InChI=1S/C16H16Cl2N4O2/c1-9(2)16(3,7-19)22-13(23)6-24-15-11-4-10(17)5-12(18)14(11)20-8-21-15/h4-5,8-9H,6H2,1-3H3,(H,22,23). The number of carbonyl (C=O) groups excluding carboxylic acids is 1. The van der Waals surface area contributed by atoms with E-state index >= 15 is 0 Å². The fraction of sp³-hybridized carbons (Fsp3) is 0.375. The zero-order valence-corrected chi connectivity index (χ0v) is 14.9. The highest BCUT2D eigenvalue weighted by atomic mass is 35.5. The van der Waals surface area contributed by atoms with Gasteiger partial charge in [0.25, 0.3) is 5.91 Å². The molecule has 0 aliphatic rings. The number of rotatable bonds is 5. The minimum atomic E-state index is -0.971. The van der Waals surface area contributed by atoms with Crippen LogP contribution in [0.5, 0.6) is 5.88 Å². The van der Waals surface area contributed by atoms with Crippen LogP contribution in [0.1, 0.15) is 20.8 Å². The van der Waals surface area contributed by atoms with E-state index < -0.39 is 11.4 Å². The molecule has 0 bridgehead atoms. The van der Waals surface area contributed by atoms with Crippen molar-refractivity contribution in [1.29, 1.82) is 5.26 Å². The predicted molar refractivity (Wildman–Crippen MR) is 92.1 cm³/mol. The molecule has 1 amide bonds. The summed E-state index contributed by atoms with van der Waals surface area (Å²) in [6.07, 6.45) is 1.29. The van der Waals surface area contributed by atoms with Crippen LogP contribution in [0, 0.1) is 17.2 Å². The summed E-state index contributed by atoms with van der Waals surface area (Å²) in [5, 5.41) is 13.2. The van der Waals surface area contributed by atoms with Gasteiger partial charge in [-0.05, 0) is 25.0 Å². The molecule has 6 nitrogen and oxygen atoms in total. The van der Waals surface area contributed by atoms with Crippen LogP contribution in [0.2, 0.25) is 10.0 Å². The summed E-state index contributed by atoms with van der Waals surface area (Å²) in [4.78, 5) is 20.2. The summed E-state index contributed by atoms with van der Waals surface area (Å²) in [5.74, 6) is -0.278. The second kappa shape index (κ2) is 7.20. The maximum absolute atomic E-state index is 12.1. The molecule has 1 heterocycles. The largest absolute Gasteiger partial charge is 0.467 e. The first-order chi connectivity index (χ1) is 11.3. The lowest BCUT2D eigenvalue weighted by molar-refractivity contribution is -0.124. The number of hydrogen-bond donors (Lipinski definition) is 1. The Balaban J connectivity index is 2.17. The fourth-order valence-corrected chi connectivity index (χ4v) is 2.49. The van der Waals surface area contributed by atoms with E-state index in [2.05, 4.69) is 21.4 Å². The van der Waals surface area contributed by atoms with Gasteiger partial charge in [-0.2, -0.15) is 5.26 Å². The Morgan fingerprint density at radius 1 is 1.42 bits per heavy atom. The molecule has 0 saturated carbocycles. The Kier molecular flexibility index (Phi) is 5.47. The van der Waals surface area contributed by atoms with E-state index in [-0.39, 0.29) is 18.4 Å². The molecular formula is C16H16Cl2N4O2. The molecular weight excluding hydrogens is 351 g/mol. The third-order valence-corrected chi connectivity index (χ3v) is 4.25. The molecule has 2 aromatic rings. The summed E-state index contributed by atoms with van der Waals surface area (Å²) in [6.45, 7) is 5.08. The predicted octanol–water partition coefficient (Wildman–Crippen LogP) is 3.37. The van der Waals surface area contributed by atoms with Gasteiger partial charge in [0, 0.05) is 5.02 Å². The fourth-order valence-electron chi connectivity index (χ4n) is 1.94. The minimum Gasteiger partial charge on any atom is -0.467 e. The molecule has 2 rings (SSSR count). The van der Waals surface area contributed by atoms with Crippen LogP contribution < -0.4 is 10.1 Å². The highest BCUT2D eigenvalue weighted by molar-refractivity contribution is 6.38. The number of ether oxygens (including phenoxy) is 1. The van der Waals surface area contributed by atoms with Crippen LogP contribution in [0.3, 0.4) is 0 Å². The monoisotopic (exact) mass is 366 g/mol. The van der Waals surface area contributed by atoms with Crippen molar-refractivity contribution in [2.45, 2.75) is 26.3 Å². The molecule has 0 aliphatic heterocycles. The van der Waals surface area contributed by atoms with Gasteiger partial charge in [-0.25, -0.2) is 9.97 Å². The smallest absolute Gasteiger partial charge is 0.259 e. The summed E-state index contributed by atoms with van der Waals surface area (Å²) >= 11 is 12.1. The number of benzene rings is 1. The van der Waals surface area contributed by atoms with Crippen molar-refractivity contribution in [3.05, 3.63) is 28.5 Å². The number of nitriles is 1. The third kappa shape index (κ3) is 3.86. The van der Waals surface area contributed by atoms with E-state index in [1.54, 1.807) is 19.1 Å². The highest BCUT2D eigenvalue weighted by Gasteiger charge is 2.30. The highest BCUT2D eigenvalue weighted by Crippen LogP contribution is 2.30. The van der Waals surface area contributed by atoms with Gasteiger partial charge < -0.3 is 10.1 Å². The zero-order chi connectivity index (χ0) is 17.9. The van der Waals surface area contributed by atoms with Gasteiger partial charge >= 0.3 is 0 Å². The van der Waals surface area contributed by atoms with E-state index in [0.29, 0.717) is 20.9 Å². The molecule has 8 heteroatoms. The van der Waals surface area contributed by atoms with E-state index in [1.807, 2.05) is 13.8 Å². The number of carbonyl (C=O) groups is 1. The van der Waals surface area contributed by atoms with Crippen LogP contribution in [0.15, 0.2) is 18.5 Å². The van der Waals surface area contributed by atoms with E-state index in [1.165, 1.54) is 6.33 Å². The Hall–Kier alpha value is -2.10. The van der Waals surface area contributed by atoms with Gasteiger partial charge in [0.1, 0.15) is 11.9 Å². The molecule has 24 heavy (non-hydrogen) atoms. The molecule has 0 fully saturated rings. The maximum Gasteiger partial charge on any atom is 0.259 e. The zero-order valence-electron chi connectivity index (χ0n) is 13.4. The number of hydrogen-bond acceptors (Lipinski definition) is 5. The minimum absolute atomic E-state index is 0.0519. The molecule has 0 aliphatic carbocycles.